The molecule has 0 aliphatic rings. The fourth-order valence-corrected chi connectivity index (χ4v) is 2.45. The number of hydrogen-bond acceptors (Lipinski definition) is 5. The van der Waals surface area contributed by atoms with Crippen molar-refractivity contribution in [3.05, 3.63) is 34.4 Å². The van der Waals surface area contributed by atoms with E-state index in [-0.39, 0.29) is 16.7 Å². The van der Waals surface area contributed by atoms with Crippen molar-refractivity contribution in [1.29, 1.82) is 0 Å². The number of hydrogen-bond donors (Lipinski definition) is 1. The molecule has 1 N–H and O–H groups in total. The van der Waals surface area contributed by atoms with Crippen LogP contribution in [0.15, 0.2) is 29.2 Å². The maximum absolute atomic E-state index is 10.8. The minimum absolute atomic E-state index is 0.157. The van der Waals surface area contributed by atoms with Crippen molar-refractivity contribution >= 4 is 17.4 Å². The van der Waals surface area contributed by atoms with E-state index in [0.717, 1.165) is 5.75 Å². The van der Waals surface area contributed by atoms with Gasteiger partial charge in [0.1, 0.15) is 0 Å². The molecule has 1 unspecified atom stereocenters. The number of ether oxygens (including phenoxy) is 1. The van der Waals surface area contributed by atoms with Crippen LogP contribution in [-0.4, -0.2) is 37.5 Å². The van der Waals surface area contributed by atoms with Crippen LogP contribution in [0.3, 0.4) is 0 Å². The first-order chi connectivity index (χ1) is 8.19. The molecular weight excluding hydrogens is 240 g/mol. The SMILES string of the molecule is CNC(COC)CSc1ccccc1[N+](=O)[O-]. The van der Waals surface area contributed by atoms with Gasteiger partial charge in [-0.3, -0.25) is 10.1 Å². The Hall–Kier alpha value is -1.11. The quantitative estimate of drug-likeness (QED) is 0.459. The first-order valence-electron chi connectivity index (χ1n) is 5.21. The summed E-state index contributed by atoms with van der Waals surface area (Å²) in [6.45, 7) is 0.587. The van der Waals surface area contributed by atoms with Gasteiger partial charge < -0.3 is 10.1 Å². The second-order valence-electron chi connectivity index (χ2n) is 3.48. The molecule has 1 rings (SSSR count). The summed E-state index contributed by atoms with van der Waals surface area (Å²) in [6.07, 6.45) is 0. The number of rotatable bonds is 7. The van der Waals surface area contributed by atoms with Crippen LogP contribution in [0.25, 0.3) is 0 Å². The van der Waals surface area contributed by atoms with Crippen molar-refractivity contribution < 1.29 is 9.66 Å². The largest absolute Gasteiger partial charge is 0.383 e. The second kappa shape index (κ2) is 7.26. The minimum Gasteiger partial charge on any atom is -0.383 e. The summed E-state index contributed by atoms with van der Waals surface area (Å²) in [5, 5.41) is 13.9. The van der Waals surface area contributed by atoms with E-state index in [1.165, 1.54) is 17.8 Å². The Morgan fingerprint density at radius 3 is 2.82 bits per heavy atom. The van der Waals surface area contributed by atoms with E-state index in [1.807, 2.05) is 7.05 Å². The number of benzene rings is 1. The second-order valence-corrected chi connectivity index (χ2v) is 4.54. The number of likely N-dealkylation sites (N-methyl/N-ethyl adjacent to an activating group) is 1. The number of nitro groups is 1. The van der Waals surface area contributed by atoms with E-state index >= 15 is 0 Å². The lowest BCUT2D eigenvalue weighted by molar-refractivity contribution is -0.387. The van der Waals surface area contributed by atoms with Crippen LogP contribution in [-0.2, 0) is 4.74 Å². The molecule has 0 spiro atoms. The molecule has 17 heavy (non-hydrogen) atoms. The monoisotopic (exact) mass is 256 g/mol. The smallest absolute Gasteiger partial charge is 0.282 e. The molecular formula is C11H16N2O3S. The number of nitrogens with one attached hydrogen (secondary N) is 1. The number of nitrogens with zero attached hydrogens (tertiary/aromatic N) is 1. The predicted octanol–water partition coefficient (Wildman–Crippen LogP) is 1.92. The zero-order valence-corrected chi connectivity index (χ0v) is 10.7. The summed E-state index contributed by atoms with van der Waals surface area (Å²) in [7, 11) is 3.49. The molecule has 0 radical (unpaired) electrons. The highest BCUT2D eigenvalue weighted by Crippen LogP contribution is 2.28. The molecule has 0 saturated heterocycles. The molecule has 1 atom stereocenters. The van der Waals surface area contributed by atoms with Gasteiger partial charge in [0.25, 0.3) is 5.69 Å². The van der Waals surface area contributed by atoms with Gasteiger partial charge in [0.15, 0.2) is 0 Å². The van der Waals surface area contributed by atoms with Gasteiger partial charge in [0.05, 0.1) is 16.4 Å². The van der Waals surface area contributed by atoms with Gasteiger partial charge >= 0.3 is 0 Å². The van der Waals surface area contributed by atoms with Gasteiger partial charge in [0.2, 0.25) is 0 Å². The average Bonchev–Trinajstić information content (AvgIpc) is 2.34. The van der Waals surface area contributed by atoms with Gasteiger partial charge in [0, 0.05) is 25.0 Å². The molecule has 6 heteroatoms. The van der Waals surface area contributed by atoms with Crippen LogP contribution in [0.1, 0.15) is 0 Å². The predicted molar refractivity (Wildman–Crippen MR) is 68.5 cm³/mol. The normalized spacial score (nSPS) is 12.4. The van der Waals surface area contributed by atoms with Crippen molar-refractivity contribution in [3.63, 3.8) is 0 Å². The highest BCUT2D eigenvalue weighted by Gasteiger charge is 2.14. The standard InChI is InChI=1S/C11H16N2O3S/c1-12-9(7-16-2)8-17-11-6-4-3-5-10(11)13(14)15/h3-6,9,12H,7-8H2,1-2H3. The van der Waals surface area contributed by atoms with Gasteiger partial charge in [-0.05, 0) is 13.1 Å². The molecule has 1 aromatic carbocycles. The first-order valence-corrected chi connectivity index (χ1v) is 6.20. The zero-order chi connectivity index (χ0) is 12.7. The zero-order valence-electron chi connectivity index (χ0n) is 9.88. The van der Waals surface area contributed by atoms with Crippen molar-refractivity contribution in [2.45, 2.75) is 10.9 Å². The van der Waals surface area contributed by atoms with Crippen LogP contribution in [0.4, 0.5) is 5.69 Å². The third kappa shape index (κ3) is 4.33. The van der Waals surface area contributed by atoms with E-state index in [0.29, 0.717) is 11.5 Å². The summed E-state index contributed by atoms with van der Waals surface area (Å²) in [5.74, 6) is 0.731. The van der Waals surface area contributed by atoms with Crippen LogP contribution >= 0.6 is 11.8 Å². The van der Waals surface area contributed by atoms with Gasteiger partial charge in [-0.1, -0.05) is 12.1 Å². The van der Waals surface area contributed by atoms with Gasteiger partial charge in [-0.2, -0.15) is 0 Å². The summed E-state index contributed by atoms with van der Waals surface area (Å²) in [5.41, 5.74) is 0.157. The number of thioether (sulfide) groups is 1. The maximum Gasteiger partial charge on any atom is 0.282 e. The fraction of sp³-hybridized carbons (Fsp3) is 0.455. The maximum atomic E-state index is 10.8. The molecule has 5 nitrogen and oxygen atoms in total. The summed E-state index contributed by atoms with van der Waals surface area (Å²) >= 11 is 1.46. The summed E-state index contributed by atoms with van der Waals surface area (Å²) < 4.78 is 5.05. The van der Waals surface area contributed by atoms with Crippen molar-refractivity contribution in [2.24, 2.45) is 0 Å². The highest BCUT2D eigenvalue weighted by molar-refractivity contribution is 7.99. The molecule has 0 amide bonds. The van der Waals surface area contributed by atoms with E-state index < -0.39 is 0 Å². The molecule has 1 aromatic rings. The summed E-state index contributed by atoms with van der Waals surface area (Å²) in [6, 6.07) is 6.95. The third-order valence-electron chi connectivity index (χ3n) is 2.28. The van der Waals surface area contributed by atoms with Crippen molar-refractivity contribution in [2.75, 3.05) is 26.5 Å². The number of methoxy groups -OCH3 is 1. The average molecular weight is 256 g/mol. The Balaban J connectivity index is 2.65. The lowest BCUT2D eigenvalue weighted by Gasteiger charge is -2.14. The molecule has 0 aromatic heterocycles. The lowest BCUT2D eigenvalue weighted by Crippen LogP contribution is -2.32. The molecule has 0 saturated carbocycles. The molecule has 0 aliphatic heterocycles. The van der Waals surface area contributed by atoms with Crippen molar-refractivity contribution in [1.82, 2.24) is 5.32 Å². The van der Waals surface area contributed by atoms with E-state index in [4.69, 9.17) is 4.74 Å². The topological polar surface area (TPSA) is 64.4 Å². The number of para-hydroxylation sites is 1. The van der Waals surface area contributed by atoms with Crippen molar-refractivity contribution in [3.8, 4) is 0 Å². The highest BCUT2D eigenvalue weighted by atomic mass is 32.2. The molecule has 0 heterocycles. The van der Waals surface area contributed by atoms with Crippen LogP contribution in [0.2, 0.25) is 0 Å². The third-order valence-corrected chi connectivity index (χ3v) is 3.50. The number of nitro benzene ring substituents is 1. The Bertz CT molecular complexity index is 373. The first kappa shape index (κ1) is 14.0. The molecule has 94 valence electrons. The van der Waals surface area contributed by atoms with Gasteiger partial charge in [-0.15, -0.1) is 11.8 Å². The Labute approximate surface area is 105 Å². The fourth-order valence-electron chi connectivity index (χ4n) is 1.34. The van der Waals surface area contributed by atoms with E-state index in [1.54, 1.807) is 25.3 Å². The van der Waals surface area contributed by atoms with E-state index in [9.17, 15) is 10.1 Å². The van der Waals surface area contributed by atoms with Gasteiger partial charge in [-0.25, -0.2) is 0 Å². The Morgan fingerprint density at radius 1 is 1.53 bits per heavy atom. The summed E-state index contributed by atoms with van der Waals surface area (Å²) in [4.78, 5) is 11.1. The van der Waals surface area contributed by atoms with Crippen LogP contribution in [0.5, 0.6) is 0 Å². The molecule has 0 fully saturated rings. The van der Waals surface area contributed by atoms with E-state index in [2.05, 4.69) is 5.32 Å². The lowest BCUT2D eigenvalue weighted by atomic mass is 10.3. The molecule has 0 aliphatic carbocycles. The Kier molecular flexibility index (Phi) is 5.96. The molecule has 0 bridgehead atoms. The van der Waals surface area contributed by atoms with Crippen LogP contribution in [0, 0.1) is 10.1 Å². The Morgan fingerprint density at radius 2 is 2.24 bits per heavy atom. The minimum atomic E-state index is -0.354. The van der Waals surface area contributed by atoms with Crippen LogP contribution < -0.4 is 5.32 Å².